The highest BCUT2D eigenvalue weighted by molar-refractivity contribution is 5.89. The van der Waals surface area contributed by atoms with Gasteiger partial charge in [-0.05, 0) is 42.7 Å². The van der Waals surface area contributed by atoms with Crippen molar-refractivity contribution in [3.8, 4) is 0 Å². The third-order valence-corrected chi connectivity index (χ3v) is 3.86. The van der Waals surface area contributed by atoms with Crippen molar-refractivity contribution in [1.82, 2.24) is 14.8 Å². The molecule has 3 aromatic rings. The fourth-order valence-corrected chi connectivity index (χ4v) is 2.43. The van der Waals surface area contributed by atoms with Gasteiger partial charge >= 0.3 is 5.97 Å². The molecule has 0 bridgehead atoms. The van der Waals surface area contributed by atoms with E-state index < -0.39 is 0 Å². The molecule has 0 saturated carbocycles. The maximum atomic E-state index is 12.2. The van der Waals surface area contributed by atoms with Crippen LogP contribution in [0.4, 0.5) is 0 Å². The van der Waals surface area contributed by atoms with E-state index in [1.54, 1.807) is 23.1 Å². The molecule has 0 aliphatic carbocycles. The van der Waals surface area contributed by atoms with Crippen molar-refractivity contribution >= 4 is 5.97 Å². The number of nitrogens with zero attached hydrogens (tertiary/aromatic N) is 3. The van der Waals surface area contributed by atoms with Gasteiger partial charge in [0.1, 0.15) is 19.3 Å². The second kappa shape index (κ2) is 7.08. The highest BCUT2D eigenvalue weighted by Crippen LogP contribution is 2.14. The van der Waals surface area contributed by atoms with E-state index in [2.05, 4.69) is 16.1 Å². The predicted molar refractivity (Wildman–Crippen MR) is 90.6 cm³/mol. The molecule has 122 valence electrons. The van der Waals surface area contributed by atoms with E-state index in [0.717, 1.165) is 22.3 Å². The Morgan fingerprint density at radius 3 is 2.62 bits per heavy atom. The van der Waals surface area contributed by atoms with E-state index in [9.17, 15) is 4.79 Å². The lowest BCUT2D eigenvalue weighted by molar-refractivity contribution is 0.0472. The van der Waals surface area contributed by atoms with Gasteiger partial charge in [0.2, 0.25) is 0 Å². The average Bonchev–Trinajstić information content (AvgIpc) is 3.09. The lowest BCUT2D eigenvalue weighted by Gasteiger charge is -2.09. The van der Waals surface area contributed by atoms with Crippen LogP contribution < -0.4 is 0 Å². The topological polar surface area (TPSA) is 57.0 Å². The largest absolute Gasteiger partial charge is 0.457 e. The van der Waals surface area contributed by atoms with Crippen molar-refractivity contribution in [1.29, 1.82) is 0 Å². The zero-order chi connectivity index (χ0) is 16.9. The predicted octanol–water partition coefficient (Wildman–Crippen LogP) is 3.30. The molecule has 1 aromatic heterocycles. The Hall–Kier alpha value is -2.95. The summed E-state index contributed by atoms with van der Waals surface area (Å²) >= 11 is 0. The first-order valence-electron chi connectivity index (χ1n) is 7.76. The number of aromatic nitrogens is 3. The van der Waals surface area contributed by atoms with Crippen LogP contribution in [0.3, 0.4) is 0 Å². The van der Waals surface area contributed by atoms with Crippen molar-refractivity contribution in [2.45, 2.75) is 27.0 Å². The summed E-state index contributed by atoms with van der Waals surface area (Å²) in [6, 6.07) is 13.5. The molecule has 24 heavy (non-hydrogen) atoms. The van der Waals surface area contributed by atoms with E-state index in [1.165, 1.54) is 6.33 Å². The van der Waals surface area contributed by atoms with Gasteiger partial charge in [0.05, 0.1) is 12.1 Å². The maximum absolute atomic E-state index is 12.2. The van der Waals surface area contributed by atoms with Gasteiger partial charge in [-0.2, -0.15) is 5.10 Å². The Bertz CT molecular complexity index is 824. The summed E-state index contributed by atoms with van der Waals surface area (Å²) in [7, 11) is 0. The van der Waals surface area contributed by atoms with E-state index in [1.807, 2.05) is 38.1 Å². The minimum Gasteiger partial charge on any atom is -0.457 e. The summed E-state index contributed by atoms with van der Waals surface area (Å²) in [4.78, 5) is 16.1. The van der Waals surface area contributed by atoms with Crippen LogP contribution in [0.1, 0.15) is 32.6 Å². The number of esters is 1. The van der Waals surface area contributed by atoms with Crippen molar-refractivity contribution in [2.75, 3.05) is 0 Å². The molecule has 0 radical (unpaired) electrons. The molecule has 5 nitrogen and oxygen atoms in total. The van der Waals surface area contributed by atoms with Crippen molar-refractivity contribution in [3.63, 3.8) is 0 Å². The van der Waals surface area contributed by atoms with E-state index in [-0.39, 0.29) is 12.6 Å². The summed E-state index contributed by atoms with van der Waals surface area (Å²) in [5.41, 5.74) is 4.90. The number of carbonyl (C=O) groups is 1. The van der Waals surface area contributed by atoms with E-state index >= 15 is 0 Å². The van der Waals surface area contributed by atoms with Gasteiger partial charge < -0.3 is 4.74 Å². The lowest BCUT2D eigenvalue weighted by Crippen LogP contribution is -2.07. The maximum Gasteiger partial charge on any atom is 0.338 e. The summed E-state index contributed by atoms with van der Waals surface area (Å²) in [5.74, 6) is -0.316. The SMILES string of the molecule is Cc1ccc(C)c(COC(=O)c2ccc(Cn3cncn3)cc2)c1. The van der Waals surface area contributed by atoms with Crippen LogP contribution in [0.25, 0.3) is 0 Å². The second-order valence-corrected chi connectivity index (χ2v) is 5.80. The molecule has 2 aromatic carbocycles. The molecule has 0 unspecified atom stereocenters. The first-order valence-corrected chi connectivity index (χ1v) is 7.76. The molecule has 1 heterocycles. The zero-order valence-electron chi connectivity index (χ0n) is 13.8. The van der Waals surface area contributed by atoms with Gasteiger partial charge in [-0.15, -0.1) is 0 Å². The summed E-state index contributed by atoms with van der Waals surface area (Å²) < 4.78 is 7.16. The Morgan fingerprint density at radius 1 is 1.12 bits per heavy atom. The van der Waals surface area contributed by atoms with Crippen LogP contribution in [-0.4, -0.2) is 20.7 Å². The average molecular weight is 321 g/mol. The van der Waals surface area contributed by atoms with Crippen LogP contribution >= 0.6 is 0 Å². The number of rotatable bonds is 5. The first kappa shape index (κ1) is 15.9. The molecular weight excluding hydrogens is 302 g/mol. The minimum absolute atomic E-state index is 0.285. The van der Waals surface area contributed by atoms with Crippen LogP contribution in [-0.2, 0) is 17.9 Å². The minimum atomic E-state index is -0.316. The van der Waals surface area contributed by atoms with Crippen LogP contribution in [0.5, 0.6) is 0 Å². The molecule has 0 atom stereocenters. The standard InChI is InChI=1S/C19H19N3O2/c1-14-3-4-15(2)18(9-14)11-24-19(23)17-7-5-16(6-8-17)10-22-13-20-12-21-22/h3-9,12-13H,10-11H2,1-2H3. The van der Waals surface area contributed by atoms with Gasteiger partial charge in [-0.3, -0.25) is 0 Å². The number of carbonyl (C=O) groups excluding carboxylic acids is 1. The van der Waals surface area contributed by atoms with Gasteiger partial charge in [-0.1, -0.05) is 35.9 Å². The number of aryl methyl sites for hydroxylation is 2. The number of ether oxygens (including phenoxy) is 1. The molecule has 0 N–H and O–H groups in total. The number of hydrogen-bond donors (Lipinski definition) is 0. The summed E-state index contributed by atoms with van der Waals surface area (Å²) in [6.07, 6.45) is 3.16. The molecule has 0 saturated heterocycles. The Balaban J connectivity index is 1.61. The van der Waals surface area contributed by atoms with Crippen LogP contribution in [0.2, 0.25) is 0 Å². The van der Waals surface area contributed by atoms with Gasteiger partial charge in [0, 0.05) is 0 Å². The quantitative estimate of drug-likeness (QED) is 0.677. The monoisotopic (exact) mass is 321 g/mol. The van der Waals surface area contributed by atoms with Crippen molar-refractivity contribution in [3.05, 3.63) is 82.9 Å². The van der Waals surface area contributed by atoms with Crippen LogP contribution in [0.15, 0.2) is 55.1 Å². The molecule has 0 amide bonds. The fourth-order valence-electron chi connectivity index (χ4n) is 2.43. The van der Waals surface area contributed by atoms with Crippen LogP contribution in [0, 0.1) is 13.8 Å². The number of hydrogen-bond acceptors (Lipinski definition) is 4. The molecular formula is C19H19N3O2. The molecule has 0 fully saturated rings. The van der Waals surface area contributed by atoms with E-state index in [0.29, 0.717) is 12.1 Å². The van der Waals surface area contributed by atoms with Gasteiger partial charge in [-0.25, -0.2) is 14.5 Å². The molecule has 0 aliphatic rings. The number of benzene rings is 2. The fraction of sp³-hybridized carbons (Fsp3) is 0.211. The zero-order valence-corrected chi connectivity index (χ0v) is 13.8. The van der Waals surface area contributed by atoms with Gasteiger partial charge in [0.25, 0.3) is 0 Å². The molecule has 0 spiro atoms. The first-order chi connectivity index (χ1) is 11.6. The lowest BCUT2D eigenvalue weighted by atomic mass is 10.1. The van der Waals surface area contributed by atoms with Crippen molar-refractivity contribution in [2.24, 2.45) is 0 Å². The highest BCUT2D eigenvalue weighted by Gasteiger charge is 2.09. The Labute approximate surface area is 140 Å². The van der Waals surface area contributed by atoms with E-state index in [4.69, 9.17) is 4.74 Å². The van der Waals surface area contributed by atoms with Gasteiger partial charge in [0.15, 0.2) is 0 Å². The summed E-state index contributed by atoms with van der Waals surface area (Å²) in [6.45, 7) is 4.95. The third-order valence-electron chi connectivity index (χ3n) is 3.86. The molecule has 0 aliphatic heterocycles. The van der Waals surface area contributed by atoms with Crippen molar-refractivity contribution < 1.29 is 9.53 Å². The smallest absolute Gasteiger partial charge is 0.338 e. The normalized spacial score (nSPS) is 10.6. The second-order valence-electron chi connectivity index (χ2n) is 5.80. The summed E-state index contributed by atoms with van der Waals surface area (Å²) in [5, 5.41) is 4.06. The third kappa shape index (κ3) is 3.87. The molecule has 5 heteroatoms. The molecule has 3 rings (SSSR count). The Kier molecular flexibility index (Phi) is 4.70. The Morgan fingerprint density at radius 2 is 1.92 bits per heavy atom. The highest BCUT2D eigenvalue weighted by atomic mass is 16.5.